The van der Waals surface area contributed by atoms with Crippen molar-refractivity contribution in [1.82, 2.24) is 0 Å². The van der Waals surface area contributed by atoms with Crippen LogP contribution >= 0.6 is 0 Å². The number of ketones is 1. The van der Waals surface area contributed by atoms with Crippen LogP contribution in [-0.4, -0.2) is 17.0 Å². The van der Waals surface area contributed by atoms with Gasteiger partial charge in [0.15, 0.2) is 0 Å². The summed E-state index contributed by atoms with van der Waals surface area (Å²) in [5.41, 5.74) is -0.367. The SMILES string of the molecule is CC(=O)C(C)(CC(C)O)C(C)C. The van der Waals surface area contributed by atoms with Crippen molar-refractivity contribution >= 4 is 5.78 Å². The predicted octanol–water partition coefficient (Wildman–Crippen LogP) is 2.01. The van der Waals surface area contributed by atoms with Crippen molar-refractivity contribution < 1.29 is 9.90 Å². The zero-order valence-electron chi connectivity index (χ0n) is 8.72. The van der Waals surface area contributed by atoms with Gasteiger partial charge in [-0.3, -0.25) is 4.79 Å². The van der Waals surface area contributed by atoms with E-state index in [1.54, 1.807) is 13.8 Å². The van der Waals surface area contributed by atoms with Gasteiger partial charge < -0.3 is 5.11 Å². The highest BCUT2D eigenvalue weighted by Crippen LogP contribution is 2.33. The molecule has 2 heteroatoms. The Kier molecular flexibility index (Phi) is 3.91. The first-order valence-electron chi connectivity index (χ1n) is 4.49. The normalized spacial score (nSPS) is 18.9. The molecule has 0 rings (SSSR count). The first-order valence-corrected chi connectivity index (χ1v) is 4.49. The summed E-state index contributed by atoms with van der Waals surface area (Å²) in [5.74, 6) is 0.447. The number of carbonyl (C=O) groups excluding carboxylic acids is 1. The second-order valence-electron chi connectivity index (χ2n) is 4.18. The molecule has 0 aromatic rings. The number of aliphatic hydroxyl groups excluding tert-OH is 1. The van der Waals surface area contributed by atoms with Crippen molar-refractivity contribution in [3.05, 3.63) is 0 Å². The highest BCUT2D eigenvalue weighted by molar-refractivity contribution is 5.82. The average Bonchev–Trinajstić information content (AvgIpc) is 1.84. The number of Topliss-reactive ketones (excluding diaryl/α,β-unsaturated/α-hetero) is 1. The highest BCUT2D eigenvalue weighted by Gasteiger charge is 2.34. The molecule has 0 bridgehead atoms. The van der Waals surface area contributed by atoms with Gasteiger partial charge in [0.05, 0.1) is 6.10 Å². The number of rotatable bonds is 4. The lowest BCUT2D eigenvalue weighted by Gasteiger charge is -2.32. The minimum Gasteiger partial charge on any atom is -0.393 e. The Balaban J connectivity index is 4.51. The first-order chi connectivity index (χ1) is 5.30. The maximum absolute atomic E-state index is 11.3. The molecular weight excluding hydrogens is 152 g/mol. The van der Waals surface area contributed by atoms with Crippen LogP contribution in [0.1, 0.15) is 41.0 Å². The molecule has 0 saturated heterocycles. The molecule has 0 saturated carbocycles. The quantitative estimate of drug-likeness (QED) is 0.704. The maximum atomic E-state index is 11.3. The fraction of sp³-hybridized carbons (Fsp3) is 0.900. The van der Waals surface area contributed by atoms with Gasteiger partial charge >= 0.3 is 0 Å². The third-order valence-corrected chi connectivity index (χ3v) is 2.80. The molecule has 0 heterocycles. The van der Waals surface area contributed by atoms with E-state index in [2.05, 4.69) is 0 Å². The van der Waals surface area contributed by atoms with Crippen molar-refractivity contribution in [3.63, 3.8) is 0 Å². The molecule has 0 aliphatic carbocycles. The van der Waals surface area contributed by atoms with E-state index < -0.39 is 6.10 Å². The third kappa shape index (κ3) is 2.59. The van der Waals surface area contributed by atoms with Crippen molar-refractivity contribution in [2.45, 2.75) is 47.1 Å². The Labute approximate surface area is 75.0 Å². The molecule has 0 aromatic carbocycles. The lowest BCUT2D eigenvalue weighted by Crippen LogP contribution is -2.34. The minimum absolute atomic E-state index is 0.165. The molecule has 2 atom stereocenters. The average molecular weight is 172 g/mol. The van der Waals surface area contributed by atoms with Gasteiger partial charge in [-0.1, -0.05) is 20.8 Å². The molecule has 12 heavy (non-hydrogen) atoms. The van der Waals surface area contributed by atoms with Crippen molar-refractivity contribution in [1.29, 1.82) is 0 Å². The molecule has 0 radical (unpaired) electrons. The van der Waals surface area contributed by atoms with Gasteiger partial charge in [-0.2, -0.15) is 0 Å². The molecule has 2 nitrogen and oxygen atoms in total. The van der Waals surface area contributed by atoms with E-state index >= 15 is 0 Å². The van der Waals surface area contributed by atoms with E-state index in [9.17, 15) is 9.90 Å². The fourth-order valence-electron chi connectivity index (χ4n) is 1.40. The summed E-state index contributed by atoms with van der Waals surface area (Å²) in [4.78, 5) is 11.3. The molecule has 1 N–H and O–H groups in total. The lowest BCUT2D eigenvalue weighted by molar-refractivity contribution is -0.129. The summed E-state index contributed by atoms with van der Waals surface area (Å²) >= 11 is 0. The van der Waals surface area contributed by atoms with Gasteiger partial charge in [-0.15, -0.1) is 0 Å². The smallest absolute Gasteiger partial charge is 0.136 e. The molecule has 0 aliphatic heterocycles. The van der Waals surface area contributed by atoms with E-state index in [4.69, 9.17) is 0 Å². The number of hydrogen-bond donors (Lipinski definition) is 1. The van der Waals surface area contributed by atoms with E-state index in [-0.39, 0.29) is 17.1 Å². The van der Waals surface area contributed by atoms with Crippen LogP contribution in [0, 0.1) is 11.3 Å². The Hall–Kier alpha value is -0.370. The molecule has 72 valence electrons. The summed E-state index contributed by atoms with van der Waals surface area (Å²) in [6.07, 6.45) is 0.154. The molecule has 0 amide bonds. The Morgan fingerprint density at radius 2 is 1.83 bits per heavy atom. The number of carbonyl (C=O) groups is 1. The summed E-state index contributed by atoms with van der Waals surface area (Å²) in [6, 6.07) is 0. The summed E-state index contributed by atoms with van der Waals surface area (Å²) < 4.78 is 0. The van der Waals surface area contributed by atoms with Gasteiger partial charge in [0, 0.05) is 5.41 Å². The van der Waals surface area contributed by atoms with Gasteiger partial charge in [0.25, 0.3) is 0 Å². The van der Waals surface area contributed by atoms with E-state index in [0.29, 0.717) is 6.42 Å². The zero-order chi connectivity index (χ0) is 9.94. The molecule has 2 unspecified atom stereocenters. The summed E-state index contributed by atoms with van der Waals surface area (Å²) in [5, 5.41) is 9.23. The van der Waals surface area contributed by atoms with E-state index in [1.807, 2.05) is 20.8 Å². The van der Waals surface area contributed by atoms with Crippen LogP contribution in [-0.2, 0) is 4.79 Å². The van der Waals surface area contributed by atoms with Gasteiger partial charge in [-0.05, 0) is 26.2 Å². The number of aliphatic hydroxyl groups is 1. The van der Waals surface area contributed by atoms with Crippen LogP contribution in [0.5, 0.6) is 0 Å². The standard InChI is InChI=1S/C10H20O2/c1-7(2)10(5,9(4)12)6-8(3)11/h7-8,11H,6H2,1-5H3. The maximum Gasteiger partial charge on any atom is 0.136 e. The Morgan fingerprint density at radius 1 is 1.42 bits per heavy atom. The topological polar surface area (TPSA) is 37.3 Å². The van der Waals surface area contributed by atoms with Crippen LogP contribution in [0.3, 0.4) is 0 Å². The van der Waals surface area contributed by atoms with Crippen LogP contribution in [0.2, 0.25) is 0 Å². The number of hydrogen-bond acceptors (Lipinski definition) is 2. The Bertz CT molecular complexity index is 161. The van der Waals surface area contributed by atoms with Gasteiger partial charge in [0.1, 0.15) is 5.78 Å². The van der Waals surface area contributed by atoms with Crippen LogP contribution in [0.25, 0.3) is 0 Å². The fourth-order valence-corrected chi connectivity index (χ4v) is 1.40. The zero-order valence-corrected chi connectivity index (χ0v) is 8.72. The molecule has 0 aliphatic rings. The first kappa shape index (κ1) is 11.6. The van der Waals surface area contributed by atoms with Crippen LogP contribution in [0.15, 0.2) is 0 Å². The predicted molar refractivity (Wildman–Crippen MR) is 49.9 cm³/mol. The van der Waals surface area contributed by atoms with Gasteiger partial charge in [-0.25, -0.2) is 0 Å². The molecule has 0 spiro atoms. The second kappa shape index (κ2) is 4.04. The van der Waals surface area contributed by atoms with Crippen LogP contribution < -0.4 is 0 Å². The second-order valence-corrected chi connectivity index (χ2v) is 4.18. The lowest BCUT2D eigenvalue weighted by atomic mass is 9.72. The summed E-state index contributed by atoms with van der Waals surface area (Å²) in [7, 11) is 0. The van der Waals surface area contributed by atoms with Crippen molar-refractivity contribution in [2.24, 2.45) is 11.3 Å². The largest absolute Gasteiger partial charge is 0.393 e. The monoisotopic (exact) mass is 172 g/mol. The molecule has 0 fully saturated rings. The third-order valence-electron chi connectivity index (χ3n) is 2.80. The van der Waals surface area contributed by atoms with Crippen LogP contribution in [0.4, 0.5) is 0 Å². The molecular formula is C10H20O2. The summed E-state index contributed by atoms with van der Waals surface area (Å²) in [6.45, 7) is 9.28. The Morgan fingerprint density at radius 3 is 1.92 bits per heavy atom. The van der Waals surface area contributed by atoms with Crippen molar-refractivity contribution in [2.75, 3.05) is 0 Å². The molecule has 0 aromatic heterocycles. The van der Waals surface area contributed by atoms with E-state index in [0.717, 1.165) is 0 Å². The van der Waals surface area contributed by atoms with Crippen molar-refractivity contribution in [3.8, 4) is 0 Å². The van der Waals surface area contributed by atoms with E-state index in [1.165, 1.54) is 0 Å². The highest BCUT2D eigenvalue weighted by atomic mass is 16.3. The van der Waals surface area contributed by atoms with Gasteiger partial charge in [0.2, 0.25) is 0 Å². The minimum atomic E-state index is -0.402.